The van der Waals surface area contributed by atoms with E-state index in [9.17, 15) is 24.0 Å². The van der Waals surface area contributed by atoms with E-state index in [1.54, 1.807) is 115 Å². The number of imide groups is 1. The van der Waals surface area contributed by atoms with Gasteiger partial charge in [-0.05, 0) is 111 Å². The molecule has 0 saturated heterocycles. The van der Waals surface area contributed by atoms with E-state index in [-0.39, 0.29) is 17.7 Å². The average Bonchev–Trinajstić information content (AvgIpc) is 3.46. The molecule has 286 valence electrons. The Morgan fingerprint density at radius 1 is 0.792 bits per heavy atom. The van der Waals surface area contributed by atoms with Crippen molar-refractivity contribution in [2.24, 2.45) is 12.0 Å². The van der Waals surface area contributed by atoms with Crippen LogP contribution < -0.4 is 15.7 Å². The van der Waals surface area contributed by atoms with Crippen LogP contribution in [0.4, 0.5) is 9.59 Å². The highest BCUT2D eigenvalue weighted by Crippen LogP contribution is 2.26. The van der Waals surface area contributed by atoms with Crippen LogP contribution in [0.2, 0.25) is 0 Å². The maximum atomic E-state index is 13.2. The number of nitrogens with one attached hydrogen (secondary N) is 1. The van der Waals surface area contributed by atoms with Crippen LogP contribution in [-0.4, -0.2) is 80.2 Å². The number of fused-ring (bicyclic) bond motifs is 1. The van der Waals surface area contributed by atoms with Crippen molar-refractivity contribution in [2.75, 3.05) is 13.2 Å². The topological polar surface area (TPSA) is 169 Å². The molecule has 0 saturated carbocycles. The van der Waals surface area contributed by atoms with Crippen LogP contribution in [-0.2, 0) is 37.4 Å². The van der Waals surface area contributed by atoms with Gasteiger partial charge < -0.3 is 33.4 Å². The zero-order chi connectivity index (χ0) is 39.3. The molecular formula is C38H49N5O10. The Balaban J connectivity index is 1.52. The summed E-state index contributed by atoms with van der Waals surface area (Å²) in [7, 11) is 1.76. The standard InChI is InChI=1S/C38H49N5O10/c1-36(2,3)50-32(46)29(53-43-30(44)26-14-11-12-15-27(26)31(43)45)23-49-25-18-16-24(17-19-25)28-22-42(21-13-20-39-34(47)51-37(4,5)6)33(41(28)10)40-35(48)52-38(7,8)9/h11-12,14-19,22,29H,13,20-21,23H2,1-10H3,(H,39,47)/t29-/m0/s1. The summed E-state index contributed by atoms with van der Waals surface area (Å²) in [6.45, 7) is 16.0. The normalized spacial score (nSPS) is 14.2. The summed E-state index contributed by atoms with van der Waals surface area (Å²) in [6, 6.07) is 13.2. The maximum absolute atomic E-state index is 13.2. The number of aromatic nitrogens is 2. The van der Waals surface area contributed by atoms with Crippen LogP contribution in [0.5, 0.6) is 5.75 Å². The number of hydrogen-bond donors (Lipinski definition) is 1. The summed E-state index contributed by atoms with van der Waals surface area (Å²) in [5.74, 6) is -1.84. The smallest absolute Gasteiger partial charge is 0.437 e. The van der Waals surface area contributed by atoms with Gasteiger partial charge >= 0.3 is 18.2 Å². The fourth-order valence-corrected chi connectivity index (χ4v) is 5.08. The van der Waals surface area contributed by atoms with Crippen LogP contribution in [0, 0.1) is 0 Å². The lowest BCUT2D eigenvalue weighted by Crippen LogP contribution is -2.43. The van der Waals surface area contributed by atoms with Crippen LogP contribution >= 0.6 is 0 Å². The molecule has 0 unspecified atom stereocenters. The van der Waals surface area contributed by atoms with Crippen molar-refractivity contribution in [3.05, 3.63) is 71.5 Å². The molecule has 0 bridgehead atoms. The lowest BCUT2D eigenvalue weighted by Gasteiger charge is -2.26. The minimum atomic E-state index is -1.45. The van der Waals surface area contributed by atoms with Crippen molar-refractivity contribution in [1.29, 1.82) is 0 Å². The van der Waals surface area contributed by atoms with Crippen molar-refractivity contribution in [1.82, 2.24) is 19.5 Å². The van der Waals surface area contributed by atoms with Crippen molar-refractivity contribution >= 4 is 30.0 Å². The highest BCUT2D eigenvalue weighted by molar-refractivity contribution is 6.20. The molecule has 2 heterocycles. The fraction of sp³-hybridized carbons (Fsp3) is 0.474. The maximum Gasteiger partial charge on any atom is 0.437 e. The predicted octanol–water partition coefficient (Wildman–Crippen LogP) is 5.56. The summed E-state index contributed by atoms with van der Waals surface area (Å²) >= 11 is 0. The SMILES string of the molecule is Cn1c(-c2ccc(OC[C@H](ON3C(=O)c4ccccc4C3=O)C(=O)OC(C)(C)C)cc2)cn(CCCNC(=O)OC(C)(C)C)c1=NC(=O)OC(C)(C)C. The van der Waals surface area contributed by atoms with Gasteiger partial charge in [-0.1, -0.05) is 12.1 Å². The van der Waals surface area contributed by atoms with Gasteiger partial charge in [0.2, 0.25) is 11.7 Å². The van der Waals surface area contributed by atoms with Gasteiger partial charge in [-0.2, -0.15) is 0 Å². The number of amides is 4. The second kappa shape index (κ2) is 16.1. The first kappa shape index (κ1) is 40.3. The van der Waals surface area contributed by atoms with Gasteiger partial charge in [0.25, 0.3) is 11.8 Å². The third-order valence-electron chi connectivity index (χ3n) is 7.24. The van der Waals surface area contributed by atoms with Gasteiger partial charge in [0.05, 0.1) is 16.8 Å². The van der Waals surface area contributed by atoms with E-state index < -0.39 is 52.9 Å². The summed E-state index contributed by atoms with van der Waals surface area (Å²) in [5.41, 5.74) is -0.129. The summed E-state index contributed by atoms with van der Waals surface area (Å²) < 4.78 is 25.7. The minimum absolute atomic E-state index is 0.165. The molecule has 15 nitrogen and oxygen atoms in total. The molecule has 1 aromatic heterocycles. The molecule has 2 aromatic carbocycles. The van der Waals surface area contributed by atoms with Crippen LogP contribution in [0.1, 0.15) is 89.5 Å². The number of hydroxylamine groups is 2. The van der Waals surface area contributed by atoms with Crippen molar-refractivity contribution in [3.63, 3.8) is 0 Å². The van der Waals surface area contributed by atoms with Gasteiger partial charge in [0, 0.05) is 26.3 Å². The number of alkyl carbamates (subject to hydrolysis) is 1. The van der Waals surface area contributed by atoms with Crippen molar-refractivity contribution in [3.8, 4) is 17.0 Å². The van der Waals surface area contributed by atoms with Crippen molar-refractivity contribution < 1.29 is 47.8 Å². The first-order valence-electron chi connectivity index (χ1n) is 17.2. The zero-order valence-electron chi connectivity index (χ0n) is 32.0. The van der Waals surface area contributed by atoms with Crippen molar-refractivity contribution in [2.45, 2.75) is 98.2 Å². The second-order valence-electron chi connectivity index (χ2n) is 15.4. The molecule has 1 aliphatic heterocycles. The van der Waals surface area contributed by atoms with Crippen LogP contribution in [0.3, 0.4) is 0 Å². The number of hydrogen-bond acceptors (Lipinski definition) is 10. The Bertz CT molecular complexity index is 1870. The molecule has 0 fully saturated rings. The lowest BCUT2D eigenvalue weighted by atomic mass is 10.1. The second-order valence-corrected chi connectivity index (χ2v) is 15.4. The van der Waals surface area contributed by atoms with E-state index in [0.29, 0.717) is 41.6 Å². The Labute approximate surface area is 308 Å². The van der Waals surface area contributed by atoms with E-state index in [2.05, 4.69) is 10.3 Å². The molecule has 1 N–H and O–H groups in total. The molecule has 4 rings (SSSR count). The highest BCUT2D eigenvalue weighted by Gasteiger charge is 2.40. The fourth-order valence-electron chi connectivity index (χ4n) is 5.08. The first-order valence-corrected chi connectivity index (χ1v) is 17.2. The molecule has 1 aliphatic rings. The highest BCUT2D eigenvalue weighted by atomic mass is 16.7. The largest absolute Gasteiger partial charge is 0.490 e. The number of carbonyl (C=O) groups is 5. The quantitative estimate of drug-likeness (QED) is 0.114. The van der Waals surface area contributed by atoms with Gasteiger partial charge in [-0.15, -0.1) is 10.1 Å². The number of rotatable bonds is 11. The number of aryl methyl sites for hydroxylation is 1. The number of esters is 1. The summed E-state index contributed by atoms with van der Waals surface area (Å²) in [5, 5.41) is 3.29. The summed E-state index contributed by atoms with van der Waals surface area (Å²) in [6.07, 6.45) is -0.383. The zero-order valence-corrected chi connectivity index (χ0v) is 32.0. The lowest BCUT2D eigenvalue weighted by molar-refractivity contribution is -0.193. The van der Waals surface area contributed by atoms with E-state index in [4.69, 9.17) is 23.8 Å². The van der Waals surface area contributed by atoms with Crippen LogP contribution in [0.25, 0.3) is 11.3 Å². The van der Waals surface area contributed by atoms with Crippen LogP contribution in [0.15, 0.2) is 59.7 Å². The number of nitrogens with zero attached hydrogens (tertiary/aromatic N) is 4. The molecular weight excluding hydrogens is 686 g/mol. The molecule has 0 aliphatic carbocycles. The number of imidazole rings is 1. The van der Waals surface area contributed by atoms with Gasteiger partial charge in [-0.3, -0.25) is 9.59 Å². The van der Waals surface area contributed by atoms with E-state index in [1.165, 1.54) is 12.1 Å². The van der Waals surface area contributed by atoms with E-state index >= 15 is 0 Å². The summed E-state index contributed by atoms with van der Waals surface area (Å²) in [4.78, 5) is 73.8. The number of ether oxygens (including phenoxy) is 4. The minimum Gasteiger partial charge on any atom is -0.490 e. The third-order valence-corrected chi connectivity index (χ3v) is 7.24. The molecule has 4 amide bonds. The van der Waals surface area contributed by atoms with E-state index in [0.717, 1.165) is 5.56 Å². The number of benzene rings is 2. The molecule has 53 heavy (non-hydrogen) atoms. The average molecular weight is 736 g/mol. The predicted molar refractivity (Wildman–Crippen MR) is 193 cm³/mol. The Hall–Kier alpha value is -5.44. The monoisotopic (exact) mass is 735 g/mol. The Morgan fingerprint density at radius 2 is 1.36 bits per heavy atom. The van der Waals surface area contributed by atoms with Gasteiger partial charge in [0.1, 0.15) is 29.2 Å². The Kier molecular flexibility index (Phi) is 12.2. The molecule has 15 heteroatoms. The van der Waals surface area contributed by atoms with Gasteiger partial charge in [0.15, 0.2) is 0 Å². The van der Waals surface area contributed by atoms with Gasteiger partial charge in [-0.25, -0.2) is 19.2 Å². The molecule has 3 aromatic rings. The number of carbonyl (C=O) groups excluding carboxylic acids is 5. The molecule has 1 atom stereocenters. The Morgan fingerprint density at radius 3 is 1.91 bits per heavy atom. The van der Waals surface area contributed by atoms with E-state index in [1.807, 2.05) is 6.20 Å². The molecule has 0 spiro atoms. The third kappa shape index (κ3) is 11.3. The molecule has 0 radical (unpaired) electrons. The first-order chi connectivity index (χ1) is 24.6.